The standard InChI is InChI=1S/C13H17Cl.C4H7N3/c1-4-9-5-10(7-11(14)6-9)12-8-13(12,2)3;1-3-2-6-4(5)7-3/h5-7,12H,4,8H2,1-3H3;2H,1H3,(H3,5,6,7). The van der Waals surface area contributed by atoms with Gasteiger partial charge in [-0.05, 0) is 54.4 Å². The molecule has 114 valence electrons. The van der Waals surface area contributed by atoms with Crippen LogP contribution in [0.25, 0.3) is 0 Å². The largest absolute Gasteiger partial charge is 0.369 e. The molecular formula is C17H24ClN3. The summed E-state index contributed by atoms with van der Waals surface area (Å²) in [5.74, 6) is 1.21. The van der Waals surface area contributed by atoms with Gasteiger partial charge in [0.2, 0.25) is 0 Å². The van der Waals surface area contributed by atoms with Crippen LogP contribution in [0.1, 0.15) is 49.9 Å². The van der Waals surface area contributed by atoms with Crippen LogP contribution in [0.4, 0.5) is 5.95 Å². The highest BCUT2D eigenvalue weighted by Gasteiger charge is 2.46. The molecule has 0 aliphatic heterocycles. The summed E-state index contributed by atoms with van der Waals surface area (Å²) in [4.78, 5) is 6.54. The molecule has 1 aliphatic rings. The highest BCUT2D eigenvalue weighted by Crippen LogP contribution is 2.58. The van der Waals surface area contributed by atoms with E-state index < -0.39 is 0 Å². The molecule has 3 rings (SSSR count). The number of rotatable bonds is 2. The van der Waals surface area contributed by atoms with Crippen LogP contribution in [0, 0.1) is 12.3 Å². The van der Waals surface area contributed by atoms with Gasteiger partial charge < -0.3 is 10.7 Å². The summed E-state index contributed by atoms with van der Waals surface area (Å²) in [6.07, 6.45) is 4.06. The van der Waals surface area contributed by atoms with Crippen molar-refractivity contribution in [1.29, 1.82) is 0 Å². The third-order valence-electron chi connectivity index (χ3n) is 4.03. The Morgan fingerprint density at radius 2 is 2.05 bits per heavy atom. The average Bonchev–Trinajstić information content (AvgIpc) is 2.88. The zero-order chi connectivity index (χ0) is 15.6. The van der Waals surface area contributed by atoms with Crippen molar-refractivity contribution in [2.45, 2.75) is 46.5 Å². The first-order chi connectivity index (χ1) is 9.81. The molecule has 3 nitrogen and oxygen atoms in total. The quantitative estimate of drug-likeness (QED) is 0.843. The van der Waals surface area contributed by atoms with Gasteiger partial charge in [0.15, 0.2) is 5.95 Å². The van der Waals surface area contributed by atoms with Crippen LogP contribution in [0.15, 0.2) is 24.4 Å². The Hall–Kier alpha value is -1.48. The summed E-state index contributed by atoms with van der Waals surface area (Å²) in [5.41, 5.74) is 9.49. The molecule has 0 amide bonds. The number of H-pyrrole nitrogens is 1. The number of nitrogen functional groups attached to an aromatic ring is 1. The van der Waals surface area contributed by atoms with Gasteiger partial charge in [-0.3, -0.25) is 0 Å². The lowest BCUT2D eigenvalue weighted by Crippen LogP contribution is -1.91. The van der Waals surface area contributed by atoms with Gasteiger partial charge in [0.1, 0.15) is 0 Å². The number of hydrogen-bond acceptors (Lipinski definition) is 2. The molecule has 1 saturated carbocycles. The van der Waals surface area contributed by atoms with E-state index >= 15 is 0 Å². The average molecular weight is 306 g/mol. The molecule has 1 fully saturated rings. The summed E-state index contributed by atoms with van der Waals surface area (Å²) >= 11 is 6.09. The second-order valence-electron chi connectivity index (χ2n) is 6.44. The van der Waals surface area contributed by atoms with E-state index in [-0.39, 0.29) is 0 Å². The first-order valence-electron chi connectivity index (χ1n) is 7.38. The molecule has 2 aromatic rings. The summed E-state index contributed by atoms with van der Waals surface area (Å²) in [6.45, 7) is 8.73. The van der Waals surface area contributed by atoms with Gasteiger partial charge in [0.25, 0.3) is 0 Å². The maximum Gasteiger partial charge on any atom is 0.197 e. The van der Waals surface area contributed by atoms with Crippen molar-refractivity contribution in [3.8, 4) is 0 Å². The predicted octanol–water partition coefficient (Wildman–Crippen LogP) is 4.72. The summed E-state index contributed by atoms with van der Waals surface area (Å²) in [7, 11) is 0. The zero-order valence-electron chi connectivity index (χ0n) is 13.2. The SMILES string of the molecule is CCc1cc(Cl)cc(C2CC2(C)C)c1.Cc1cnc(N)[nH]1. The van der Waals surface area contributed by atoms with Crippen molar-refractivity contribution in [2.24, 2.45) is 5.41 Å². The van der Waals surface area contributed by atoms with Gasteiger partial charge in [-0.25, -0.2) is 4.98 Å². The fraction of sp³-hybridized carbons (Fsp3) is 0.471. The van der Waals surface area contributed by atoms with Crippen LogP contribution in [0.5, 0.6) is 0 Å². The zero-order valence-corrected chi connectivity index (χ0v) is 14.0. The molecule has 0 radical (unpaired) electrons. The van der Waals surface area contributed by atoms with Gasteiger partial charge in [0, 0.05) is 16.9 Å². The lowest BCUT2D eigenvalue weighted by molar-refractivity contribution is 0.621. The van der Waals surface area contributed by atoms with Crippen LogP contribution in [-0.2, 0) is 6.42 Å². The number of benzene rings is 1. The Morgan fingerprint density at radius 1 is 1.38 bits per heavy atom. The minimum Gasteiger partial charge on any atom is -0.369 e. The fourth-order valence-electron chi connectivity index (χ4n) is 2.55. The normalized spacial score (nSPS) is 18.8. The van der Waals surface area contributed by atoms with E-state index in [1.54, 1.807) is 6.20 Å². The highest BCUT2D eigenvalue weighted by atomic mass is 35.5. The number of nitrogens with two attached hydrogens (primary N) is 1. The Bertz CT molecular complexity index is 600. The molecular weight excluding hydrogens is 282 g/mol. The van der Waals surface area contributed by atoms with E-state index in [4.69, 9.17) is 17.3 Å². The molecule has 0 saturated heterocycles. The summed E-state index contributed by atoms with van der Waals surface area (Å²) < 4.78 is 0. The van der Waals surface area contributed by atoms with Crippen molar-refractivity contribution in [2.75, 3.05) is 5.73 Å². The maximum atomic E-state index is 6.09. The van der Waals surface area contributed by atoms with E-state index in [0.29, 0.717) is 11.4 Å². The molecule has 1 atom stereocenters. The topological polar surface area (TPSA) is 54.7 Å². The third kappa shape index (κ3) is 4.24. The van der Waals surface area contributed by atoms with Gasteiger partial charge >= 0.3 is 0 Å². The smallest absolute Gasteiger partial charge is 0.197 e. The van der Waals surface area contributed by atoms with E-state index in [2.05, 4.69) is 48.9 Å². The molecule has 1 heterocycles. The predicted molar refractivity (Wildman–Crippen MR) is 89.7 cm³/mol. The van der Waals surface area contributed by atoms with E-state index in [1.807, 2.05) is 6.92 Å². The van der Waals surface area contributed by atoms with Crippen molar-refractivity contribution in [1.82, 2.24) is 9.97 Å². The van der Waals surface area contributed by atoms with Crippen molar-refractivity contribution in [3.63, 3.8) is 0 Å². The number of imidazole rings is 1. The van der Waals surface area contributed by atoms with Crippen LogP contribution >= 0.6 is 11.6 Å². The lowest BCUT2D eigenvalue weighted by Gasteiger charge is -2.06. The Kier molecular flexibility index (Phi) is 4.62. The van der Waals surface area contributed by atoms with Gasteiger partial charge in [0.05, 0.1) is 0 Å². The first-order valence-corrected chi connectivity index (χ1v) is 7.76. The number of halogens is 1. The molecule has 1 unspecified atom stereocenters. The van der Waals surface area contributed by atoms with Crippen LogP contribution < -0.4 is 5.73 Å². The molecule has 4 heteroatoms. The number of anilines is 1. The van der Waals surface area contributed by atoms with Crippen molar-refractivity contribution < 1.29 is 0 Å². The maximum absolute atomic E-state index is 6.09. The van der Waals surface area contributed by atoms with Crippen molar-refractivity contribution >= 4 is 17.5 Å². The monoisotopic (exact) mass is 305 g/mol. The van der Waals surface area contributed by atoms with E-state index in [9.17, 15) is 0 Å². The van der Waals surface area contributed by atoms with E-state index in [0.717, 1.165) is 23.1 Å². The minimum absolute atomic E-state index is 0.484. The molecule has 1 aromatic carbocycles. The Labute approximate surface area is 131 Å². The third-order valence-corrected chi connectivity index (χ3v) is 4.24. The Morgan fingerprint density at radius 3 is 2.43 bits per heavy atom. The second-order valence-corrected chi connectivity index (χ2v) is 6.88. The number of aromatic nitrogens is 2. The highest BCUT2D eigenvalue weighted by molar-refractivity contribution is 6.30. The summed E-state index contributed by atoms with van der Waals surface area (Å²) in [6, 6.07) is 6.51. The molecule has 21 heavy (non-hydrogen) atoms. The fourth-order valence-corrected chi connectivity index (χ4v) is 2.82. The first kappa shape index (κ1) is 15.9. The second kappa shape index (κ2) is 6.10. The summed E-state index contributed by atoms with van der Waals surface area (Å²) in [5, 5.41) is 0.891. The van der Waals surface area contributed by atoms with Crippen LogP contribution in [0.2, 0.25) is 5.02 Å². The number of nitrogens with one attached hydrogen (secondary N) is 1. The molecule has 1 aliphatic carbocycles. The van der Waals surface area contributed by atoms with Gasteiger partial charge in [-0.2, -0.15) is 0 Å². The van der Waals surface area contributed by atoms with Crippen LogP contribution in [-0.4, -0.2) is 9.97 Å². The number of aromatic amines is 1. The molecule has 1 aromatic heterocycles. The van der Waals surface area contributed by atoms with Gasteiger partial charge in [-0.15, -0.1) is 0 Å². The van der Waals surface area contributed by atoms with Crippen molar-refractivity contribution in [3.05, 3.63) is 46.2 Å². The van der Waals surface area contributed by atoms with Crippen LogP contribution in [0.3, 0.4) is 0 Å². The molecule has 0 spiro atoms. The number of hydrogen-bond donors (Lipinski definition) is 2. The number of nitrogens with zero attached hydrogens (tertiary/aromatic N) is 1. The molecule has 0 bridgehead atoms. The van der Waals surface area contributed by atoms with E-state index in [1.165, 1.54) is 17.5 Å². The Balaban J connectivity index is 0.000000194. The molecule has 3 N–H and O–H groups in total. The number of aryl methyl sites for hydroxylation is 2. The lowest BCUT2D eigenvalue weighted by atomic mass is 10.0. The minimum atomic E-state index is 0.484. The van der Waals surface area contributed by atoms with Gasteiger partial charge in [-0.1, -0.05) is 38.4 Å².